The van der Waals surface area contributed by atoms with Crippen molar-refractivity contribution in [3.8, 4) is 0 Å². The second-order valence-corrected chi connectivity index (χ2v) is 6.78. The molecule has 0 radical (unpaired) electrons. The van der Waals surface area contributed by atoms with E-state index >= 15 is 0 Å². The van der Waals surface area contributed by atoms with Crippen LogP contribution in [0.1, 0.15) is 75.3 Å². The minimum Gasteiger partial charge on any atom is -0.481 e. The summed E-state index contributed by atoms with van der Waals surface area (Å²) in [6.45, 7) is 2.16. The van der Waals surface area contributed by atoms with E-state index in [0.717, 1.165) is 55.5 Å². The van der Waals surface area contributed by atoms with Gasteiger partial charge in [0.2, 0.25) is 0 Å². The number of carboxylic acids is 1. The number of aliphatic carboxylic acids is 1. The van der Waals surface area contributed by atoms with Crippen LogP contribution in [0.5, 0.6) is 0 Å². The lowest BCUT2D eigenvalue weighted by molar-refractivity contribution is -0.137. The molecule has 5 heteroatoms. The maximum atomic E-state index is 10.4. The number of rotatable bonds is 13. The molecule has 1 atom stereocenters. The van der Waals surface area contributed by atoms with Crippen LogP contribution in [0.25, 0.3) is 6.08 Å². The first-order chi connectivity index (χ1) is 11.1. The molecule has 0 aliphatic rings. The lowest BCUT2D eigenvalue weighted by atomic mass is 10.1. The van der Waals surface area contributed by atoms with Gasteiger partial charge in [0.05, 0.1) is 17.3 Å². The summed E-state index contributed by atoms with van der Waals surface area (Å²) in [4.78, 5) is 16.0. The van der Waals surface area contributed by atoms with Crippen LogP contribution in [0.4, 0.5) is 0 Å². The maximum absolute atomic E-state index is 10.4. The van der Waals surface area contributed by atoms with Crippen LogP contribution >= 0.6 is 11.3 Å². The first-order valence-corrected chi connectivity index (χ1v) is 9.52. The first kappa shape index (κ1) is 19.8. The smallest absolute Gasteiger partial charge is 0.303 e. The van der Waals surface area contributed by atoms with Gasteiger partial charge < -0.3 is 10.2 Å². The molecule has 130 valence electrons. The van der Waals surface area contributed by atoms with Crippen molar-refractivity contribution in [2.24, 2.45) is 0 Å². The van der Waals surface area contributed by atoms with Gasteiger partial charge in [0.15, 0.2) is 0 Å². The van der Waals surface area contributed by atoms with Gasteiger partial charge in [-0.25, -0.2) is 4.98 Å². The molecule has 23 heavy (non-hydrogen) atoms. The zero-order valence-electron chi connectivity index (χ0n) is 14.0. The largest absolute Gasteiger partial charge is 0.481 e. The summed E-state index contributed by atoms with van der Waals surface area (Å²) in [6, 6.07) is 0. The number of carbonyl (C=O) groups is 1. The summed E-state index contributed by atoms with van der Waals surface area (Å²) in [6.07, 6.45) is 12.7. The fraction of sp³-hybridized carbons (Fsp3) is 0.667. The number of thiazole rings is 1. The van der Waals surface area contributed by atoms with E-state index < -0.39 is 5.97 Å². The Morgan fingerprint density at radius 2 is 2.04 bits per heavy atom. The Morgan fingerprint density at radius 1 is 1.26 bits per heavy atom. The molecule has 0 aromatic carbocycles. The molecule has 1 aromatic rings. The Hall–Kier alpha value is -1.20. The molecule has 0 bridgehead atoms. The van der Waals surface area contributed by atoms with Crippen LogP contribution in [0.2, 0.25) is 0 Å². The molecule has 2 N–H and O–H groups in total. The van der Waals surface area contributed by atoms with Crippen molar-refractivity contribution in [2.45, 2.75) is 77.2 Å². The third-order valence-electron chi connectivity index (χ3n) is 3.80. The number of nitrogens with zero attached hydrogens (tertiary/aromatic N) is 1. The summed E-state index contributed by atoms with van der Waals surface area (Å²) >= 11 is 1.61. The molecular weight excluding hydrogens is 310 g/mol. The van der Waals surface area contributed by atoms with Crippen molar-refractivity contribution in [1.82, 2.24) is 4.98 Å². The van der Waals surface area contributed by atoms with Crippen LogP contribution < -0.4 is 0 Å². The van der Waals surface area contributed by atoms with Gasteiger partial charge in [0.1, 0.15) is 0 Å². The molecule has 0 amide bonds. The monoisotopic (exact) mass is 339 g/mol. The van der Waals surface area contributed by atoms with E-state index in [4.69, 9.17) is 5.11 Å². The van der Waals surface area contributed by atoms with Crippen LogP contribution in [0.15, 0.2) is 11.6 Å². The fourth-order valence-corrected chi connectivity index (χ4v) is 3.16. The Bertz CT molecular complexity index is 471. The zero-order valence-corrected chi connectivity index (χ0v) is 14.9. The lowest BCUT2D eigenvalue weighted by Crippen LogP contribution is -2.01. The van der Waals surface area contributed by atoms with Crippen molar-refractivity contribution in [3.05, 3.63) is 22.2 Å². The van der Waals surface area contributed by atoms with E-state index in [2.05, 4.69) is 11.9 Å². The topological polar surface area (TPSA) is 70.4 Å². The lowest BCUT2D eigenvalue weighted by Gasteiger charge is -2.04. The molecule has 1 rings (SSSR count). The summed E-state index contributed by atoms with van der Waals surface area (Å²) in [7, 11) is 0. The molecule has 0 aliphatic heterocycles. The molecule has 1 heterocycles. The van der Waals surface area contributed by atoms with Gasteiger partial charge in [0.25, 0.3) is 0 Å². The number of aromatic nitrogens is 1. The highest BCUT2D eigenvalue weighted by Gasteiger charge is 2.05. The standard InChI is InChI=1S/C18H29NO3S/c1-2-3-6-9-15(20)12-13-17-16(19-14-23-17)10-7-4-5-8-11-18(21)22/h12-15,20H,2-11H2,1H3,(H,21,22). The quantitative estimate of drug-likeness (QED) is 0.512. The number of carboxylic acid groups (broad SMARTS) is 1. The molecule has 0 spiro atoms. The third-order valence-corrected chi connectivity index (χ3v) is 4.64. The average Bonchev–Trinajstić information content (AvgIpc) is 2.96. The Morgan fingerprint density at radius 3 is 2.78 bits per heavy atom. The van der Waals surface area contributed by atoms with Gasteiger partial charge >= 0.3 is 5.97 Å². The Balaban J connectivity index is 2.28. The van der Waals surface area contributed by atoms with E-state index in [0.29, 0.717) is 0 Å². The Kier molecular flexibility index (Phi) is 10.6. The summed E-state index contributed by atoms with van der Waals surface area (Å²) in [5.41, 5.74) is 2.94. The molecule has 0 fully saturated rings. The van der Waals surface area contributed by atoms with Crippen LogP contribution in [-0.4, -0.2) is 27.3 Å². The highest BCUT2D eigenvalue weighted by atomic mass is 32.1. The van der Waals surface area contributed by atoms with E-state index in [1.54, 1.807) is 11.3 Å². The number of aliphatic hydroxyl groups is 1. The predicted octanol–water partition coefficient (Wildman–Crippen LogP) is 4.68. The molecule has 4 nitrogen and oxygen atoms in total. The molecular formula is C18H29NO3S. The van der Waals surface area contributed by atoms with Gasteiger partial charge in [0, 0.05) is 11.3 Å². The average molecular weight is 340 g/mol. The van der Waals surface area contributed by atoms with Crippen molar-refractivity contribution >= 4 is 23.4 Å². The molecule has 0 saturated heterocycles. The number of unbranched alkanes of at least 4 members (excludes halogenated alkanes) is 5. The maximum Gasteiger partial charge on any atom is 0.303 e. The van der Waals surface area contributed by atoms with Crippen molar-refractivity contribution in [1.29, 1.82) is 0 Å². The van der Waals surface area contributed by atoms with E-state index in [-0.39, 0.29) is 12.5 Å². The van der Waals surface area contributed by atoms with E-state index in [1.807, 2.05) is 17.7 Å². The van der Waals surface area contributed by atoms with Gasteiger partial charge in [-0.1, -0.05) is 45.1 Å². The second kappa shape index (κ2) is 12.3. The third kappa shape index (κ3) is 9.51. The predicted molar refractivity (Wildman–Crippen MR) is 95.7 cm³/mol. The van der Waals surface area contributed by atoms with E-state index in [9.17, 15) is 9.90 Å². The van der Waals surface area contributed by atoms with Gasteiger partial charge in [-0.05, 0) is 31.8 Å². The van der Waals surface area contributed by atoms with Crippen molar-refractivity contribution in [3.63, 3.8) is 0 Å². The normalized spacial score (nSPS) is 12.8. The van der Waals surface area contributed by atoms with Crippen molar-refractivity contribution < 1.29 is 15.0 Å². The molecule has 1 aromatic heterocycles. The highest BCUT2D eigenvalue weighted by Crippen LogP contribution is 2.19. The van der Waals surface area contributed by atoms with Crippen LogP contribution in [0, 0.1) is 0 Å². The highest BCUT2D eigenvalue weighted by molar-refractivity contribution is 7.10. The van der Waals surface area contributed by atoms with Crippen LogP contribution in [-0.2, 0) is 11.2 Å². The van der Waals surface area contributed by atoms with Gasteiger partial charge in [-0.15, -0.1) is 11.3 Å². The fourth-order valence-electron chi connectivity index (χ4n) is 2.42. The molecule has 1 unspecified atom stereocenters. The number of hydrogen-bond donors (Lipinski definition) is 2. The number of aryl methyl sites for hydroxylation is 1. The number of aliphatic hydroxyl groups excluding tert-OH is 1. The minimum atomic E-state index is -0.714. The molecule has 0 aliphatic carbocycles. The minimum absolute atomic E-state index is 0.264. The SMILES string of the molecule is CCCCCC(O)C=Cc1scnc1CCCCCCC(=O)O. The molecule has 0 saturated carbocycles. The zero-order chi connectivity index (χ0) is 16.9. The Labute approximate surface area is 143 Å². The van der Waals surface area contributed by atoms with Crippen molar-refractivity contribution in [2.75, 3.05) is 0 Å². The summed E-state index contributed by atoms with van der Waals surface area (Å²) in [5, 5.41) is 18.5. The van der Waals surface area contributed by atoms with E-state index in [1.165, 1.54) is 12.8 Å². The van der Waals surface area contributed by atoms with Crippen LogP contribution in [0.3, 0.4) is 0 Å². The first-order valence-electron chi connectivity index (χ1n) is 8.64. The van der Waals surface area contributed by atoms with Gasteiger partial charge in [-0.2, -0.15) is 0 Å². The second-order valence-electron chi connectivity index (χ2n) is 5.89. The summed E-state index contributed by atoms with van der Waals surface area (Å²) < 4.78 is 0. The number of hydrogen-bond acceptors (Lipinski definition) is 4. The summed E-state index contributed by atoms with van der Waals surface area (Å²) in [5.74, 6) is -0.714. The van der Waals surface area contributed by atoms with Gasteiger partial charge in [-0.3, -0.25) is 4.79 Å².